The van der Waals surface area contributed by atoms with Crippen LogP contribution >= 0.6 is 12.6 Å². The molecule has 0 saturated carbocycles. The van der Waals surface area contributed by atoms with Gasteiger partial charge in [0.15, 0.2) is 0 Å². The van der Waals surface area contributed by atoms with Gasteiger partial charge in [-0.1, -0.05) is 30.3 Å². The third kappa shape index (κ3) is 6.60. The van der Waals surface area contributed by atoms with Crippen molar-refractivity contribution in [1.82, 2.24) is 5.32 Å². The minimum absolute atomic E-state index is 0.163. The summed E-state index contributed by atoms with van der Waals surface area (Å²) in [4.78, 5) is 11.8. The molecule has 0 aromatic heterocycles. The number of rotatable bonds is 7. The third-order valence-electron chi connectivity index (χ3n) is 2.57. The second-order valence-corrected chi connectivity index (χ2v) is 6.01. The summed E-state index contributed by atoms with van der Waals surface area (Å²) >= 11 is 4.12. The van der Waals surface area contributed by atoms with Crippen LogP contribution in [0, 0.1) is 5.92 Å². The SMILES string of the molecule is O=C(NCCS(=O)(=O)[O-])[C@H](CS)Cc1ccccc1. The van der Waals surface area contributed by atoms with Crippen LogP contribution in [-0.2, 0) is 21.3 Å². The number of carbonyl (C=O) groups is 1. The maximum Gasteiger partial charge on any atom is 0.224 e. The van der Waals surface area contributed by atoms with Crippen LogP contribution in [-0.4, -0.2) is 36.9 Å². The lowest BCUT2D eigenvalue weighted by Crippen LogP contribution is -2.35. The summed E-state index contributed by atoms with van der Waals surface area (Å²) in [6.07, 6.45) is 0.528. The van der Waals surface area contributed by atoms with Crippen LogP contribution in [0.3, 0.4) is 0 Å². The molecule has 0 radical (unpaired) electrons. The molecule has 5 nitrogen and oxygen atoms in total. The molecule has 0 bridgehead atoms. The summed E-state index contributed by atoms with van der Waals surface area (Å²) in [6, 6.07) is 9.47. The van der Waals surface area contributed by atoms with Crippen molar-refractivity contribution in [3.05, 3.63) is 35.9 Å². The van der Waals surface area contributed by atoms with Gasteiger partial charge < -0.3 is 9.87 Å². The zero-order chi connectivity index (χ0) is 14.3. The van der Waals surface area contributed by atoms with Crippen LogP contribution in [0.2, 0.25) is 0 Å². The van der Waals surface area contributed by atoms with E-state index in [1.165, 1.54) is 0 Å². The van der Waals surface area contributed by atoms with E-state index in [1.54, 1.807) is 0 Å². The molecule has 1 amide bonds. The smallest absolute Gasteiger partial charge is 0.224 e. The van der Waals surface area contributed by atoms with Crippen LogP contribution in [0.4, 0.5) is 0 Å². The molecule has 0 aliphatic carbocycles. The van der Waals surface area contributed by atoms with Gasteiger partial charge in [0.2, 0.25) is 5.91 Å². The molecular formula is C12H16NO4S2-. The summed E-state index contributed by atoms with van der Waals surface area (Å²) in [7, 11) is -4.29. The molecule has 0 unspecified atom stereocenters. The average molecular weight is 302 g/mol. The second-order valence-electron chi connectivity index (χ2n) is 4.12. The number of thiol groups is 1. The highest BCUT2D eigenvalue weighted by molar-refractivity contribution is 7.85. The maximum absolute atomic E-state index is 11.8. The molecular weight excluding hydrogens is 286 g/mol. The van der Waals surface area contributed by atoms with Crippen molar-refractivity contribution in [1.29, 1.82) is 0 Å². The van der Waals surface area contributed by atoms with Crippen molar-refractivity contribution in [2.75, 3.05) is 18.1 Å². The van der Waals surface area contributed by atoms with E-state index in [0.717, 1.165) is 5.56 Å². The highest BCUT2D eigenvalue weighted by atomic mass is 32.2. The minimum atomic E-state index is -4.29. The lowest BCUT2D eigenvalue weighted by molar-refractivity contribution is -0.124. The number of benzene rings is 1. The van der Waals surface area contributed by atoms with Crippen molar-refractivity contribution in [2.45, 2.75) is 6.42 Å². The first-order chi connectivity index (χ1) is 8.92. The second kappa shape index (κ2) is 7.52. The molecule has 7 heteroatoms. The van der Waals surface area contributed by atoms with Gasteiger partial charge >= 0.3 is 0 Å². The zero-order valence-corrected chi connectivity index (χ0v) is 12.0. The highest BCUT2D eigenvalue weighted by Crippen LogP contribution is 2.10. The van der Waals surface area contributed by atoms with Crippen molar-refractivity contribution in [3.8, 4) is 0 Å². The van der Waals surface area contributed by atoms with E-state index in [4.69, 9.17) is 0 Å². The number of hydrogen-bond donors (Lipinski definition) is 2. The lowest BCUT2D eigenvalue weighted by atomic mass is 10.0. The Morgan fingerprint density at radius 1 is 1.32 bits per heavy atom. The zero-order valence-electron chi connectivity index (χ0n) is 10.3. The van der Waals surface area contributed by atoms with Crippen LogP contribution in [0.25, 0.3) is 0 Å². The molecule has 0 spiro atoms. The molecule has 0 heterocycles. The highest BCUT2D eigenvalue weighted by Gasteiger charge is 2.17. The Morgan fingerprint density at radius 2 is 1.95 bits per heavy atom. The Kier molecular flexibility index (Phi) is 6.33. The molecule has 106 valence electrons. The first-order valence-corrected chi connectivity index (χ1v) is 7.99. The van der Waals surface area contributed by atoms with Crippen LogP contribution < -0.4 is 5.32 Å². The van der Waals surface area contributed by atoms with Gasteiger partial charge in [-0.3, -0.25) is 4.79 Å². The van der Waals surface area contributed by atoms with Gasteiger partial charge in [-0.15, -0.1) is 0 Å². The molecule has 1 atom stereocenters. The van der Waals surface area contributed by atoms with Gasteiger partial charge in [-0.25, -0.2) is 8.42 Å². The lowest BCUT2D eigenvalue weighted by Gasteiger charge is -2.15. The molecule has 0 aliphatic rings. The Bertz CT molecular complexity index is 502. The van der Waals surface area contributed by atoms with Crippen LogP contribution in [0.15, 0.2) is 30.3 Å². The van der Waals surface area contributed by atoms with Gasteiger partial charge in [-0.2, -0.15) is 12.6 Å². The fourth-order valence-electron chi connectivity index (χ4n) is 1.58. The molecule has 1 aromatic carbocycles. The van der Waals surface area contributed by atoms with Crippen molar-refractivity contribution < 1.29 is 17.8 Å². The maximum atomic E-state index is 11.8. The molecule has 1 rings (SSSR count). The number of hydrogen-bond acceptors (Lipinski definition) is 5. The molecule has 19 heavy (non-hydrogen) atoms. The van der Waals surface area contributed by atoms with Crippen LogP contribution in [0.5, 0.6) is 0 Å². The van der Waals surface area contributed by atoms with E-state index in [-0.39, 0.29) is 18.4 Å². The Morgan fingerprint density at radius 3 is 2.47 bits per heavy atom. The normalized spacial score (nSPS) is 12.9. The summed E-state index contributed by atoms with van der Waals surface area (Å²) < 4.78 is 31.3. The molecule has 1 aromatic rings. The Hall–Kier alpha value is -1.05. The monoisotopic (exact) mass is 302 g/mol. The predicted molar refractivity (Wildman–Crippen MR) is 75.1 cm³/mol. The first-order valence-electron chi connectivity index (χ1n) is 5.78. The molecule has 0 fully saturated rings. The average Bonchev–Trinajstić information content (AvgIpc) is 2.35. The standard InChI is InChI=1S/C12H17NO4S2/c14-12(13-6-7-19(15,16)17)11(9-18)8-10-4-2-1-3-5-10/h1-5,11,18H,6-9H2,(H,13,14)(H,15,16,17)/p-1/t11-/m0/s1. The van der Waals surface area contributed by atoms with Gasteiger partial charge in [0.05, 0.1) is 21.8 Å². The van der Waals surface area contributed by atoms with Crippen molar-refractivity contribution in [2.24, 2.45) is 5.92 Å². The molecule has 0 aliphatic heterocycles. The van der Waals surface area contributed by atoms with Crippen molar-refractivity contribution >= 4 is 28.7 Å². The summed E-state index contributed by atoms with van der Waals surface area (Å²) in [6.45, 7) is -0.163. The van der Waals surface area contributed by atoms with Gasteiger partial charge in [0.25, 0.3) is 0 Å². The van der Waals surface area contributed by atoms with E-state index >= 15 is 0 Å². The van der Waals surface area contributed by atoms with Gasteiger partial charge in [-0.05, 0) is 12.0 Å². The topological polar surface area (TPSA) is 86.3 Å². The Balaban J connectivity index is 2.48. The molecule has 1 N–H and O–H groups in total. The van der Waals surface area contributed by atoms with E-state index in [2.05, 4.69) is 17.9 Å². The van der Waals surface area contributed by atoms with Crippen LogP contribution in [0.1, 0.15) is 5.56 Å². The minimum Gasteiger partial charge on any atom is -0.748 e. The van der Waals surface area contributed by atoms with Crippen molar-refractivity contribution in [3.63, 3.8) is 0 Å². The number of carbonyl (C=O) groups excluding carboxylic acids is 1. The quantitative estimate of drug-likeness (QED) is 0.565. The third-order valence-corrected chi connectivity index (χ3v) is 3.71. The predicted octanol–water partition coefficient (Wildman–Crippen LogP) is 0.436. The van der Waals surface area contributed by atoms with Gasteiger partial charge in [0, 0.05) is 12.3 Å². The van der Waals surface area contributed by atoms with E-state index in [1.807, 2.05) is 30.3 Å². The van der Waals surface area contributed by atoms with E-state index in [9.17, 15) is 17.8 Å². The molecule has 0 saturated heterocycles. The summed E-state index contributed by atoms with van der Waals surface area (Å²) in [5.74, 6) is -0.878. The summed E-state index contributed by atoms with van der Waals surface area (Å²) in [5.41, 5.74) is 1.01. The van der Waals surface area contributed by atoms with Gasteiger partial charge in [0.1, 0.15) is 0 Å². The fraction of sp³-hybridized carbons (Fsp3) is 0.417. The Labute approximate surface area is 118 Å². The first kappa shape index (κ1) is 16.0. The van der Waals surface area contributed by atoms with E-state index < -0.39 is 15.9 Å². The van der Waals surface area contributed by atoms with E-state index in [0.29, 0.717) is 12.2 Å². The summed E-state index contributed by atoms with van der Waals surface area (Å²) in [5, 5.41) is 2.44. The number of nitrogens with one attached hydrogen (secondary N) is 1. The number of amides is 1. The largest absolute Gasteiger partial charge is 0.748 e. The fourth-order valence-corrected chi connectivity index (χ4v) is 2.23.